The van der Waals surface area contributed by atoms with Crippen molar-refractivity contribution in [2.75, 3.05) is 13.1 Å². The highest BCUT2D eigenvalue weighted by molar-refractivity contribution is 5.96. The Morgan fingerprint density at radius 3 is 2.73 bits per heavy atom. The van der Waals surface area contributed by atoms with Crippen LogP contribution in [0.4, 0.5) is 0 Å². The van der Waals surface area contributed by atoms with Crippen molar-refractivity contribution in [2.45, 2.75) is 39.2 Å². The van der Waals surface area contributed by atoms with E-state index in [9.17, 15) is 9.59 Å². The highest BCUT2D eigenvalue weighted by atomic mass is 16.5. The third-order valence-electron chi connectivity index (χ3n) is 3.52. The van der Waals surface area contributed by atoms with E-state index in [0.717, 1.165) is 19.3 Å². The van der Waals surface area contributed by atoms with Crippen LogP contribution < -0.4 is 4.74 Å². The minimum Gasteiger partial charge on any atom is -0.480 e. The molecule has 1 aliphatic carbocycles. The second-order valence-electron chi connectivity index (χ2n) is 6.03. The van der Waals surface area contributed by atoms with E-state index < -0.39 is 5.97 Å². The fourth-order valence-corrected chi connectivity index (χ4v) is 2.27. The lowest BCUT2D eigenvalue weighted by molar-refractivity contribution is -0.137. The highest BCUT2D eigenvalue weighted by Gasteiger charge is 2.22. The molecule has 2 rings (SSSR count). The molecule has 6 nitrogen and oxygen atoms in total. The summed E-state index contributed by atoms with van der Waals surface area (Å²) in [5, 5.41) is 8.97. The van der Waals surface area contributed by atoms with Crippen molar-refractivity contribution in [3.05, 3.63) is 23.9 Å². The summed E-state index contributed by atoms with van der Waals surface area (Å²) in [6, 6.07) is 3.18. The molecule has 120 valence electrons. The molecule has 0 saturated heterocycles. The van der Waals surface area contributed by atoms with E-state index in [-0.39, 0.29) is 24.5 Å². The van der Waals surface area contributed by atoms with Gasteiger partial charge in [0.2, 0.25) is 5.88 Å². The second-order valence-corrected chi connectivity index (χ2v) is 6.03. The molecule has 0 bridgehead atoms. The summed E-state index contributed by atoms with van der Waals surface area (Å²) in [7, 11) is 0. The number of carboxylic acids is 1. The molecule has 1 fully saturated rings. The Kier molecular flexibility index (Phi) is 5.35. The van der Waals surface area contributed by atoms with Gasteiger partial charge in [-0.15, -0.1) is 0 Å². The molecule has 1 aromatic rings. The quantitative estimate of drug-likeness (QED) is 0.835. The van der Waals surface area contributed by atoms with Gasteiger partial charge in [-0.05, 0) is 31.2 Å². The van der Waals surface area contributed by atoms with Gasteiger partial charge in [-0.1, -0.05) is 13.8 Å². The van der Waals surface area contributed by atoms with Crippen molar-refractivity contribution in [1.82, 2.24) is 9.88 Å². The molecule has 0 radical (unpaired) electrons. The number of hydrogen-bond donors (Lipinski definition) is 1. The van der Waals surface area contributed by atoms with Crippen LogP contribution in [0.25, 0.3) is 0 Å². The predicted molar refractivity (Wildman–Crippen MR) is 80.9 cm³/mol. The lowest BCUT2D eigenvalue weighted by Gasteiger charge is -2.26. The van der Waals surface area contributed by atoms with E-state index in [0.29, 0.717) is 18.0 Å². The molecule has 0 atom stereocenters. The van der Waals surface area contributed by atoms with Crippen LogP contribution in [0.3, 0.4) is 0 Å². The molecule has 0 aliphatic heterocycles. The predicted octanol–water partition coefficient (Wildman–Crippen LogP) is 2.20. The van der Waals surface area contributed by atoms with Crippen LogP contribution in [0, 0.1) is 5.92 Å². The lowest BCUT2D eigenvalue weighted by atomic mass is 9.96. The maximum absolute atomic E-state index is 12.5. The third kappa shape index (κ3) is 4.44. The van der Waals surface area contributed by atoms with Gasteiger partial charge in [0, 0.05) is 24.4 Å². The van der Waals surface area contributed by atoms with Crippen LogP contribution in [0.15, 0.2) is 18.3 Å². The summed E-state index contributed by atoms with van der Waals surface area (Å²) < 4.78 is 5.68. The van der Waals surface area contributed by atoms with Gasteiger partial charge in [-0.3, -0.25) is 9.59 Å². The monoisotopic (exact) mass is 306 g/mol. The van der Waals surface area contributed by atoms with Gasteiger partial charge in [-0.2, -0.15) is 0 Å². The fraction of sp³-hybridized carbons (Fsp3) is 0.562. The van der Waals surface area contributed by atoms with Gasteiger partial charge in [0.1, 0.15) is 12.6 Å². The zero-order valence-electron chi connectivity index (χ0n) is 13.0. The first-order valence-electron chi connectivity index (χ1n) is 7.59. The summed E-state index contributed by atoms with van der Waals surface area (Å²) in [5.74, 6) is -0.711. The molecule has 1 saturated carbocycles. The molecule has 1 aromatic heterocycles. The van der Waals surface area contributed by atoms with Crippen molar-refractivity contribution in [3.8, 4) is 5.88 Å². The number of rotatable bonds is 7. The first-order valence-corrected chi connectivity index (χ1v) is 7.59. The summed E-state index contributed by atoms with van der Waals surface area (Å²) in [6.07, 6.45) is 4.89. The minimum atomic E-state index is -1.02. The lowest BCUT2D eigenvalue weighted by Crippen LogP contribution is -2.38. The van der Waals surface area contributed by atoms with Gasteiger partial charge < -0.3 is 14.7 Å². The largest absolute Gasteiger partial charge is 0.480 e. The van der Waals surface area contributed by atoms with Crippen LogP contribution in [0.1, 0.15) is 43.5 Å². The number of amides is 1. The van der Waals surface area contributed by atoms with Crippen LogP contribution in [0.2, 0.25) is 0 Å². The zero-order valence-corrected chi connectivity index (χ0v) is 13.0. The Morgan fingerprint density at radius 2 is 2.18 bits per heavy atom. The number of aliphatic carboxylic acids is 1. The molecule has 0 spiro atoms. The topological polar surface area (TPSA) is 79.7 Å². The van der Waals surface area contributed by atoms with Gasteiger partial charge >= 0.3 is 5.97 Å². The first kappa shape index (κ1) is 16.3. The maximum atomic E-state index is 12.5. The number of carbonyl (C=O) groups is 2. The molecule has 1 aliphatic rings. The Morgan fingerprint density at radius 1 is 1.45 bits per heavy atom. The molecule has 6 heteroatoms. The van der Waals surface area contributed by atoms with E-state index in [4.69, 9.17) is 9.84 Å². The van der Waals surface area contributed by atoms with Gasteiger partial charge in [0.15, 0.2) is 0 Å². The molecule has 0 unspecified atom stereocenters. The number of nitrogens with zero attached hydrogens (tertiary/aromatic N) is 2. The number of carboxylic acid groups (broad SMARTS) is 1. The van der Waals surface area contributed by atoms with E-state index >= 15 is 0 Å². The SMILES string of the molecule is CC(C)CN(CC(=O)O)C(=O)c1ccnc(OC2CCC2)c1. The number of pyridine rings is 1. The van der Waals surface area contributed by atoms with Crippen molar-refractivity contribution < 1.29 is 19.4 Å². The summed E-state index contributed by atoms with van der Waals surface area (Å²) >= 11 is 0. The molecule has 22 heavy (non-hydrogen) atoms. The summed E-state index contributed by atoms with van der Waals surface area (Å²) in [4.78, 5) is 28.9. The molecule has 1 heterocycles. The minimum absolute atomic E-state index is 0.184. The van der Waals surface area contributed by atoms with Crippen molar-refractivity contribution in [3.63, 3.8) is 0 Å². The maximum Gasteiger partial charge on any atom is 0.323 e. The molecule has 1 N–H and O–H groups in total. The number of hydrogen-bond acceptors (Lipinski definition) is 4. The Labute approximate surface area is 130 Å². The van der Waals surface area contributed by atoms with Gasteiger partial charge in [-0.25, -0.2) is 4.98 Å². The van der Waals surface area contributed by atoms with Crippen molar-refractivity contribution in [1.29, 1.82) is 0 Å². The fourth-order valence-electron chi connectivity index (χ4n) is 2.27. The average Bonchev–Trinajstić information content (AvgIpc) is 2.41. The first-order chi connectivity index (χ1) is 10.5. The number of ether oxygens (including phenoxy) is 1. The third-order valence-corrected chi connectivity index (χ3v) is 3.52. The molecular weight excluding hydrogens is 284 g/mol. The van der Waals surface area contributed by atoms with E-state index in [1.165, 1.54) is 11.1 Å². The molecule has 1 amide bonds. The summed E-state index contributed by atoms with van der Waals surface area (Å²) in [5.41, 5.74) is 0.409. The standard InChI is InChI=1S/C16H22N2O4/c1-11(2)9-18(10-15(19)20)16(21)12-6-7-17-14(8-12)22-13-4-3-5-13/h6-8,11,13H,3-5,9-10H2,1-2H3,(H,19,20). The van der Waals surface area contributed by atoms with Gasteiger partial charge in [0.05, 0.1) is 0 Å². The van der Waals surface area contributed by atoms with Crippen molar-refractivity contribution >= 4 is 11.9 Å². The normalized spacial score (nSPS) is 14.5. The van der Waals surface area contributed by atoms with Crippen LogP contribution >= 0.6 is 0 Å². The Balaban J connectivity index is 2.10. The number of aromatic nitrogens is 1. The van der Waals surface area contributed by atoms with Gasteiger partial charge in [0.25, 0.3) is 5.91 Å². The van der Waals surface area contributed by atoms with Crippen LogP contribution in [-0.2, 0) is 4.79 Å². The average molecular weight is 306 g/mol. The molecular formula is C16H22N2O4. The number of carbonyl (C=O) groups excluding carboxylic acids is 1. The van der Waals surface area contributed by atoms with Crippen LogP contribution in [0.5, 0.6) is 5.88 Å². The highest BCUT2D eigenvalue weighted by Crippen LogP contribution is 2.24. The van der Waals surface area contributed by atoms with Crippen LogP contribution in [-0.4, -0.2) is 46.1 Å². The zero-order chi connectivity index (χ0) is 16.1. The summed E-state index contributed by atoms with van der Waals surface area (Å²) in [6.45, 7) is 3.98. The van der Waals surface area contributed by atoms with E-state index in [2.05, 4.69) is 4.98 Å². The molecule has 0 aromatic carbocycles. The smallest absolute Gasteiger partial charge is 0.323 e. The second kappa shape index (κ2) is 7.24. The van der Waals surface area contributed by atoms with Crippen molar-refractivity contribution in [2.24, 2.45) is 5.92 Å². The van der Waals surface area contributed by atoms with E-state index in [1.54, 1.807) is 12.1 Å². The van der Waals surface area contributed by atoms with E-state index in [1.807, 2.05) is 13.8 Å². The Bertz CT molecular complexity index is 541. The Hall–Kier alpha value is -2.11.